The van der Waals surface area contributed by atoms with Crippen molar-refractivity contribution in [3.8, 4) is 16.9 Å². The van der Waals surface area contributed by atoms with E-state index in [2.05, 4.69) is 10.6 Å². The number of furan rings is 1. The van der Waals surface area contributed by atoms with E-state index in [4.69, 9.17) is 30.2 Å². The molecule has 1 heterocycles. The minimum Gasteiger partial charge on any atom is -0.489 e. The lowest BCUT2D eigenvalue weighted by molar-refractivity contribution is -0.147. The number of hydrogen-bond acceptors (Lipinski definition) is 7. The van der Waals surface area contributed by atoms with Gasteiger partial charge >= 0.3 is 12.1 Å². The highest BCUT2D eigenvalue weighted by molar-refractivity contribution is 6.17. The maximum atomic E-state index is 12.5. The van der Waals surface area contributed by atoms with Crippen LogP contribution in [0.3, 0.4) is 0 Å². The van der Waals surface area contributed by atoms with Crippen LogP contribution in [0.4, 0.5) is 4.79 Å². The zero-order valence-corrected chi connectivity index (χ0v) is 26.0. The highest BCUT2D eigenvalue weighted by atomic mass is 35.5. The Morgan fingerprint density at radius 2 is 1.79 bits per heavy atom. The fraction of sp³-hybridized carbons (Fsp3) is 0.353. The SMILES string of the molecule is CNCC(C)OC(=O)Cc1ccccc1OCc1cc(-c2cccc(CNC(=O)OC(C)(C)C)c2)c2oc(CCl)cc2c1. The zero-order chi connectivity index (χ0) is 31.0. The number of carbonyl (C=O) groups excluding carboxylic acids is 2. The first kappa shape index (κ1) is 31.9. The molecule has 0 saturated heterocycles. The van der Waals surface area contributed by atoms with E-state index in [-0.39, 0.29) is 31.0 Å². The molecule has 0 aliphatic carbocycles. The number of benzene rings is 3. The number of likely N-dealkylation sites (N-methyl/N-ethyl adjacent to an activating group) is 1. The Hall–Kier alpha value is -4.01. The first-order valence-corrected chi connectivity index (χ1v) is 14.8. The molecule has 1 aromatic heterocycles. The molecule has 1 atom stereocenters. The van der Waals surface area contributed by atoms with Crippen molar-refractivity contribution in [1.82, 2.24) is 10.6 Å². The van der Waals surface area contributed by atoms with Crippen LogP contribution in [0.25, 0.3) is 22.1 Å². The van der Waals surface area contributed by atoms with E-state index in [0.717, 1.165) is 38.8 Å². The molecule has 8 nitrogen and oxygen atoms in total. The number of hydrogen-bond donors (Lipinski definition) is 2. The molecular weight excluding hydrogens is 568 g/mol. The average Bonchev–Trinajstić information content (AvgIpc) is 3.38. The third-order valence-electron chi connectivity index (χ3n) is 6.46. The lowest BCUT2D eigenvalue weighted by Crippen LogP contribution is -2.32. The van der Waals surface area contributed by atoms with Crippen molar-refractivity contribution in [3.63, 3.8) is 0 Å². The highest BCUT2D eigenvalue weighted by Crippen LogP contribution is 2.34. The smallest absolute Gasteiger partial charge is 0.407 e. The van der Waals surface area contributed by atoms with Gasteiger partial charge in [-0.1, -0.05) is 36.4 Å². The standard InChI is InChI=1S/C34H39ClN2O6/c1-22(19-36-5)41-31(38)17-26-10-6-7-12-30(26)40-21-24-14-27-16-28(18-35)42-32(27)29(15-24)25-11-8-9-23(13-25)20-37-33(39)43-34(2,3)4/h6-16,22,36H,17-21H2,1-5H3,(H,37,39). The van der Waals surface area contributed by atoms with Gasteiger partial charge in [0.05, 0.1) is 12.3 Å². The number of nitrogens with one attached hydrogen (secondary N) is 2. The molecule has 3 aromatic carbocycles. The summed E-state index contributed by atoms with van der Waals surface area (Å²) in [5.41, 5.74) is 4.52. The predicted octanol–water partition coefficient (Wildman–Crippen LogP) is 7.14. The Labute approximate surface area is 257 Å². The van der Waals surface area contributed by atoms with E-state index in [1.165, 1.54) is 0 Å². The number of esters is 1. The van der Waals surface area contributed by atoms with Crippen LogP contribution in [0, 0.1) is 0 Å². The predicted molar refractivity (Wildman–Crippen MR) is 168 cm³/mol. The van der Waals surface area contributed by atoms with Gasteiger partial charge in [0.15, 0.2) is 0 Å². The quantitative estimate of drug-likeness (QED) is 0.131. The largest absolute Gasteiger partial charge is 0.489 e. The summed E-state index contributed by atoms with van der Waals surface area (Å²) in [5, 5.41) is 6.72. The molecule has 4 aromatic rings. The summed E-state index contributed by atoms with van der Waals surface area (Å²) in [6.07, 6.45) is -0.590. The molecule has 0 fully saturated rings. The van der Waals surface area contributed by atoms with Crippen molar-refractivity contribution in [1.29, 1.82) is 0 Å². The second kappa shape index (κ2) is 14.4. The van der Waals surface area contributed by atoms with Crippen LogP contribution in [0.5, 0.6) is 5.75 Å². The molecule has 0 saturated carbocycles. The van der Waals surface area contributed by atoms with E-state index in [1.807, 2.05) is 101 Å². The molecule has 1 unspecified atom stereocenters. The van der Waals surface area contributed by atoms with Crippen molar-refractivity contribution < 1.29 is 28.2 Å². The zero-order valence-electron chi connectivity index (χ0n) is 25.3. The van der Waals surface area contributed by atoms with Crippen LogP contribution >= 0.6 is 11.6 Å². The van der Waals surface area contributed by atoms with Crippen LogP contribution in [0.2, 0.25) is 0 Å². The van der Waals surface area contributed by atoms with Gasteiger partial charge in [-0.2, -0.15) is 0 Å². The molecule has 0 aliphatic rings. The number of halogens is 1. The summed E-state index contributed by atoms with van der Waals surface area (Å²) in [6.45, 7) is 8.49. The van der Waals surface area contributed by atoms with Crippen molar-refractivity contribution in [3.05, 3.63) is 89.2 Å². The summed E-state index contributed by atoms with van der Waals surface area (Å²) in [5.74, 6) is 1.22. The van der Waals surface area contributed by atoms with E-state index in [1.54, 1.807) is 0 Å². The van der Waals surface area contributed by atoms with Gasteiger partial charge in [0.25, 0.3) is 0 Å². The van der Waals surface area contributed by atoms with Gasteiger partial charge in [-0.15, -0.1) is 11.6 Å². The number of fused-ring (bicyclic) bond motifs is 1. The van der Waals surface area contributed by atoms with Gasteiger partial charge in [-0.05, 0) is 81.8 Å². The molecule has 2 N–H and O–H groups in total. The number of carbonyl (C=O) groups is 2. The van der Waals surface area contributed by atoms with Gasteiger partial charge in [0, 0.05) is 29.6 Å². The summed E-state index contributed by atoms with van der Waals surface area (Å²) >= 11 is 6.12. The third kappa shape index (κ3) is 9.24. The molecule has 0 radical (unpaired) electrons. The van der Waals surface area contributed by atoms with Crippen LogP contribution in [0.15, 0.2) is 71.1 Å². The second-order valence-corrected chi connectivity index (χ2v) is 11.7. The highest BCUT2D eigenvalue weighted by Gasteiger charge is 2.17. The van der Waals surface area contributed by atoms with Gasteiger partial charge in [-0.25, -0.2) is 4.79 Å². The number of alkyl halides is 1. The van der Waals surface area contributed by atoms with E-state index < -0.39 is 11.7 Å². The molecule has 1 amide bonds. The van der Waals surface area contributed by atoms with Crippen molar-refractivity contribution in [2.75, 3.05) is 13.6 Å². The molecule has 0 aliphatic heterocycles. The molecule has 9 heteroatoms. The van der Waals surface area contributed by atoms with E-state index >= 15 is 0 Å². The van der Waals surface area contributed by atoms with Gasteiger partial charge in [-0.3, -0.25) is 4.79 Å². The van der Waals surface area contributed by atoms with Crippen molar-refractivity contribution in [2.45, 2.75) is 64.9 Å². The number of para-hydroxylation sites is 1. The summed E-state index contributed by atoms with van der Waals surface area (Å²) in [4.78, 5) is 24.7. The van der Waals surface area contributed by atoms with Crippen LogP contribution in [0.1, 0.15) is 50.1 Å². The molecule has 4 rings (SSSR count). The minimum absolute atomic E-state index is 0.111. The van der Waals surface area contributed by atoms with Crippen LogP contribution < -0.4 is 15.4 Å². The fourth-order valence-corrected chi connectivity index (χ4v) is 4.80. The first-order chi connectivity index (χ1) is 20.5. The Morgan fingerprint density at radius 3 is 2.53 bits per heavy atom. The summed E-state index contributed by atoms with van der Waals surface area (Å²) in [7, 11) is 1.82. The number of alkyl carbamates (subject to hydrolysis) is 1. The topological polar surface area (TPSA) is 99.0 Å². The van der Waals surface area contributed by atoms with Gasteiger partial charge < -0.3 is 29.3 Å². The van der Waals surface area contributed by atoms with Crippen LogP contribution in [-0.2, 0) is 39.7 Å². The Balaban J connectivity index is 1.55. The number of ether oxygens (including phenoxy) is 3. The molecule has 228 valence electrons. The lowest BCUT2D eigenvalue weighted by Gasteiger charge is -2.19. The van der Waals surface area contributed by atoms with Crippen molar-refractivity contribution >= 4 is 34.6 Å². The maximum absolute atomic E-state index is 12.5. The third-order valence-corrected chi connectivity index (χ3v) is 6.72. The van der Waals surface area contributed by atoms with Crippen LogP contribution in [-0.4, -0.2) is 37.4 Å². The number of amides is 1. The Bertz CT molecular complexity index is 1560. The van der Waals surface area contributed by atoms with Gasteiger partial charge in [0.1, 0.15) is 35.4 Å². The molecule has 0 spiro atoms. The fourth-order valence-electron chi connectivity index (χ4n) is 4.67. The monoisotopic (exact) mass is 606 g/mol. The van der Waals surface area contributed by atoms with E-state index in [0.29, 0.717) is 24.6 Å². The first-order valence-electron chi connectivity index (χ1n) is 14.3. The van der Waals surface area contributed by atoms with Crippen molar-refractivity contribution in [2.24, 2.45) is 0 Å². The average molecular weight is 607 g/mol. The Morgan fingerprint density at radius 1 is 1.00 bits per heavy atom. The minimum atomic E-state index is -0.575. The molecule has 43 heavy (non-hydrogen) atoms. The van der Waals surface area contributed by atoms with E-state index in [9.17, 15) is 9.59 Å². The summed E-state index contributed by atoms with van der Waals surface area (Å²) in [6, 6.07) is 21.3. The van der Waals surface area contributed by atoms with Gasteiger partial charge in [0.2, 0.25) is 0 Å². The Kier molecular flexibility index (Phi) is 10.7. The number of rotatable bonds is 12. The molecular formula is C34H39ClN2O6. The lowest BCUT2D eigenvalue weighted by atomic mass is 9.99. The second-order valence-electron chi connectivity index (χ2n) is 11.4. The molecule has 0 bridgehead atoms. The normalized spacial score (nSPS) is 12.1. The summed E-state index contributed by atoms with van der Waals surface area (Å²) < 4.78 is 23.2. The maximum Gasteiger partial charge on any atom is 0.407 e.